The van der Waals surface area contributed by atoms with Crippen LogP contribution in [0.3, 0.4) is 0 Å². The molecule has 3 aliphatic rings. The summed E-state index contributed by atoms with van der Waals surface area (Å²) in [5.74, 6) is 1.61. The van der Waals surface area contributed by atoms with Gasteiger partial charge < -0.3 is 20.4 Å². The molecule has 2 aromatic rings. The van der Waals surface area contributed by atoms with Gasteiger partial charge in [-0.25, -0.2) is 0 Å². The second-order valence-corrected chi connectivity index (χ2v) is 11.6. The highest BCUT2D eigenvalue weighted by molar-refractivity contribution is 5.83. The minimum atomic E-state index is -0.236. The van der Waals surface area contributed by atoms with Gasteiger partial charge in [0.2, 0.25) is 5.91 Å². The number of benzene rings is 2. The summed E-state index contributed by atoms with van der Waals surface area (Å²) >= 11 is 0. The molecule has 188 valence electrons. The van der Waals surface area contributed by atoms with Gasteiger partial charge in [0.05, 0.1) is 6.04 Å². The number of phenolic OH excluding ortho intramolecular Hbond substituents is 2. The fraction of sp³-hybridized carbons (Fsp3) is 0.552. The van der Waals surface area contributed by atoms with Gasteiger partial charge in [-0.05, 0) is 71.0 Å². The molecule has 0 aliphatic carbocycles. The van der Waals surface area contributed by atoms with Crippen molar-refractivity contribution in [3.05, 3.63) is 59.2 Å². The molecule has 3 N–H and O–H groups in total. The number of hydrogen-bond acceptors (Lipinski definition) is 5. The number of piperidine rings is 1. The van der Waals surface area contributed by atoms with E-state index in [1.54, 1.807) is 18.2 Å². The third-order valence-electron chi connectivity index (χ3n) is 9.01. The zero-order valence-electron chi connectivity index (χ0n) is 21.4. The molecule has 3 heterocycles. The van der Waals surface area contributed by atoms with Crippen LogP contribution in [0.15, 0.2) is 42.5 Å². The van der Waals surface area contributed by atoms with Gasteiger partial charge >= 0.3 is 0 Å². The molecule has 5 atom stereocenters. The van der Waals surface area contributed by atoms with Gasteiger partial charge in [0.25, 0.3) is 0 Å². The molecular weight excluding hydrogens is 438 g/mol. The number of carbonyl (C=O) groups excluding carboxylic acids is 1. The highest BCUT2D eigenvalue weighted by Crippen LogP contribution is 2.44. The van der Waals surface area contributed by atoms with Crippen LogP contribution < -0.4 is 5.32 Å². The van der Waals surface area contributed by atoms with E-state index in [1.165, 1.54) is 5.56 Å². The molecule has 35 heavy (non-hydrogen) atoms. The van der Waals surface area contributed by atoms with Crippen molar-refractivity contribution in [1.29, 1.82) is 0 Å². The first-order valence-corrected chi connectivity index (χ1v) is 13.0. The van der Waals surface area contributed by atoms with Crippen molar-refractivity contribution >= 4 is 5.91 Å². The smallest absolute Gasteiger partial charge is 0.240 e. The van der Waals surface area contributed by atoms with E-state index in [4.69, 9.17) is 0 Å². The Labute approximate surface area is 208 Å². The zero-order chi connectivity index (χ0) is 24.9. The topological polar surface area (TPSA) is 76.0 Å². The van der Waals surface area contributed by atoms with Gasteiger partial charge in [0.1, 0.15) is 11.5 Å². The van der Waals surface area contributed by atoms with E-state index in [1.807, 2.05) is 18.2 Å². The van der Waals surface area contributed by atoms with Crippen LogP contribution in [0.4, 0.5) is 0 Å². The molecule has 3 aliphatic heterocycles. The summed E-state index contributed by atoms with van der Waals surface area (Å²) in [6.45, 7) is 12.3. The summed E-state index contributed by atoms with van der Waals surface area (Å²) in [5, 5.41) is 23.4. The lowest BCUT2D eigenvalue weighted by Gasteiger charge is -2.56. The van der Waals surface area contributed by atoms with Crippen LogP contribution in [0.25, 0.3) is 0 Å². The van der Waals surface area contributed by atoms with E-state index in [0.717, 1.165) is 37.2 Å². The first-order chi connectivity index (χ1) is 16.7. The van der Waals surface area contributed by atoms with E-state index in [9.17, 15) is 15.0 Å². The van der Waals surface area contributed by atoms with Gasteiger partial charge in [-0.2, -0.15) is 0 Å². The van der Waals surface area contributed by atoms with E-state index < -0.39 is 0 Å². The molecule has 1 unspecified atom stereocenters. The highest BCUT2D eigenvalue weighted by atomic mass is 16.3. The lowest BCUT2D eigenvalue weighted by atomic mass is 9.65. The maximum absolute atomic E-state index is 13.9. The first-order valence-electron chi connectivity index (χ1n) is 13.0. The third kappa shape index (κ3) is 4.43. The standard InChI is InChI=1S/C29H39N3O3/c1-18(2)27-17-31-15-19(3)29(4,22-6-5-7-24(33)12-22)13-23(31)16-32(27)28(35)26-11-20-8-9-25(34)10-21(20)14-30-26/h5-10,12,18-19,23,26-27,30,33-34H,11,13-17H2,1-4H3/t19-,23+,26?,27+,29+/m0/s1. The second-order valence-electron chi connectivity index (χ2n) is 11.6. The minimum Gasteiger partial charge on any atom is -0.508 e. The van der Waals surface area contributed by atoms with Gasteiger partial charge in [0.15, 0.2) is 0 Å². The van der Waals surface area contributed by atoms with Crippen LogP contribution in [-0.2, 0) is 23.2 Å². The molecule has 0 aromatic heterocycles. The number of carbonyl (C=O) groups is 1. The Morgan fingerprint density at radius 1 is 1.06 bits per heavy atom. The second kappa shape index (κ2) is 9.14. The van der Waals surface area contributed by atoms with Crippen LogP contribution in [0, 0.1) is 11.8 Å². The summed E-state index contributed by atoms with van der Waals surface area (Å²) < 4.78 is 0. The Hall–Kier alpha value is -2.57. The number of fused-ring (bicyclic) bond motifs is 2. The molecule has 2 saturated heterocycles. The third-order valence-corrected chi connectivity index (χ3v) is 9.01. The van der Waals surface area contributed by atoms with Crippen molar-refractivity contribution in [2.45, 2.75) is 70.6 Å². The summed E-state index contributed by atoms with van der Waals surface area (Å²) in [5.41, 5.74) is 3.34. The van der Waals surface area contributed by atoms with Crippen molar-refractivity contribution in [2.24, 2.45) is 11.8 Å². The van der Waals surface area contributed by atoms with E-state index in [0.29, 0.717) is 36.6 Å². The summed E-state index contributed by atoms with van der Waals surface area (Å²) in [6.07, 6.45) is 1.62. The molecular formula is C29H39N3O3. The van der Waals surface area contributed by atoms with E-state index in [2.05, 4.69) is 48.9 Å². The van der Waals surface area contributed by atoms with Crippen molar-refractivity contribution < 1.29 is 15.0 Å². The lowest BCUT2D eigenvalue weighted by Crippen LogP contribution is -2.67. The molecule has 2 aromatic carbocycles. The number of phenols is 2. The number of piperazine rings is 1. The van der Waals surface area contributed by atoms with E-state index >= 15 is 0 Å². The number of nitrogens with one attached hydrogen (secondary N) is 1. The van der Waals surface area contributed by atoms with Crippen LogP contribution in [0.2, 0.25) is 0 Å². The average Bonchev–Trinajstić information content (AvgIpc) is 2.83. The van der Waals surface area contributed by atoms with Crippen LogP contribution in [-0.4, -0.2) is 63.7 Å². The lowest BCUT2D eigenvalue weighted by molar-refractivity contribution is -0.144. The van der Waals surface area contributed by atoms with Crippen LogP contribution >= 0.6 is 0 Å². The summed E-state index contributed by atoms with van der Waals surface area (Å²) in [4.78, 5) is 18.7. The zero-order valence-corrected chi connectivity index (χ0v) is 21.4. The number of amides is 1. The van der Waals surface area contributed by atoms with Gasteiger partial charge in [-0.3, -0.25) is 9.69 Å². The fourth-order valence-corrected chi connectivity index (χ4v) is 6.59. The van der Waals surface area contributed by atoms with Crippen molar-refractivity contribution in [1.82, 2.24) is 15.1 Å². The number of hydrogen-bond donors (Lipinski definition) is 3. The fourth-order valence-electron chi connectivity index (χ4n) is 6.59. The summed E-state index contributed by atoms with van der Waals surface area (Å²) in [6, 6.07) is 13.4. The predicted molar refractivity (Wildman–Crippen MR) is 137 cm³/mol. The SMILES string of the molecule is CC(C)[C@H]1CN2C[C@H](C)[C@](C)(c3cccc(O)c3)C[C@@H]2CN1C(=O)C1Cc2ccc(O)cc2CN1. The Bertz CT molecular complexity index is 1100. The molecule has 2 fully saturated rings. The van der Waals surface area contributed by atoms with Crippen molar-refractivity contribution in [3.63, 3.8) is 0 Å². The molecule has 0 bridgehead atoms. The molecule has 6 heteroatoms. The largest absolute Gasteiger partial charge is 0.508 e. The first kappa shape index (κ1) is 24.1. The van der Waals surface area contributed by atoms with Crippen molar-refractivity contribution in [2.75, 3.05) is 19.6 Å². The Morgan fingerprint density at radius 2 is 1.83 bits per heavy atom. The molecule has 0 spiro atoms. The monoisotopic (exact) mass is 477 g/mol. The molecule has 6 nitrogen and oxygen atoms in total. The normalized spacial score (nSPS) is 31.2. The minimum absolute atomic E-state index is 0.0523. The highest BCUT2D eigenvalue weighted by Gasteiger charge is 2.48. The molecule has 1 amide bonds. The van der Waals surface area contributed by atoms with Gasteiger partial charge in [-0.1, -0.05) is 45.9 Å². The molecule has 5 rings (SSSR count). The predicted octanol–water partition coefficient (Wildman–Crippen LogP) is 3.65. The number of rotatable bonds is 3. The van der Waals surface area contributed by atoms with Gasteiger partial charge in [0, 0.05) is 38.3 Å². The Morgan fingerprint density at radius 3 is 2.57 bits per heavy atom. The number of aromatic hydroxyl groups is 2. The van der Waals surface area contributed by atoms with Crippen LogP contribution in [0.5, 0.6) is 11.5 Å². The maximum Gasteiger partial charge on any atom is 0.240 e. The molecule has 0 radical (unpaired) electrons. The van der Waals surface area contributed by atoms with Crippen LogP contribution in [0.1, 0.15) is 50.8 Å². The average molecular weight is 478 g/mol. The van der Waals surface area contributed by atoms with Crippen molar-refractivity contribution in [3.8, 4) is 11.5 Å². The van der Waals surface area contributed by atoms with Gasteiger partial charge in [-0.15, -0.1) is 0 Å². The van der Waals surface area contributed by atoms with E-state index in [-0.39, 0.29) is 29.2 Å². The Kier molecular flexibility index (Phi) is 6.30. The maximum atomic E-state index is 13.9. The number of nitrogens with zero attached hydrogens (tertiary/aromatic N) is 2. The quantitative estimate of drug-likeness (QED) is 0.629. The Balaban J connectivity index is 1.38. The summed E-state index contributed by atoms with van der Waals surface area (Å²) in [7, 11) is 0. The molecule has 0 saturated carbocycles.